The summed E-state index contributed by atoms with van der Waals surface area (Å²) in [6.45, 7) is 0. The molecule has 5 heteroatoms. The van der Waals surface area contributed by atoms with Gasteiger partial charge in [0, 0.05) is 29.6 Å². The smallest absolute Gasteiger partial charge is 0.303 e. The fraction of sp³-hybridized carbons (Fsp3) is 0.125. The molecule has 1 aromatic heterocycles. The first-order valence-corrected chi connectivity index (χ1v) is 6.65. The highest BCUT2D eigenvalue weighted by atomic mass is 16.4. The number of carbonyl (C=O) groups excluding carboxylic acids is 1. The number of rotatable bonds is 4. The lowest BCUT2D eigenvalue weighted by Gasteiger charge is -1.96. The van der Waals surface area contributed by atoms with Crippen LogP contribution in [0.2, 0.25) is 0 Å². The number of benzene rings is 1. The Bertz CT molecular complexity index is 743. The minimum Gasteiger partial charge on any atom is -0.481 e. The van der Waals surface area contributed by atoms with Crippen molar-refractivity contribution in [1.82, 2.24) is 4.98 Å². The summed E-state index contributed by atoms with van der Waals surface area (Å²) in [7, 11) is 0. The third-order valence-corrected chi connectivity index (χ3v) is 3.40. The Hall–Kier alpha value is -2.82. The molecule has 0 bridgehead atoms. The molecule has 1 amide bonds. The summed E-state index contributed by atoms with van der Waals surface area (Å²) >= 11 is 0. The molecule has 0 saturated carbocycles. The number of anilines is 1. The molecule has 0 fully saturated rings. The zero-order valence-electron chi connectivity index (χ0n) is 11.2. The van der Waals surface area contributed by atoms with Gasteiger partial charge in [0.05, 0.1) is 5.57 Å². The number of H-pyrrole nitrogens is 1. The minimum absolute atomic E-state index is 0.0944. The van der Waals surface area contributed by atoms with Gasteiger partial charge in [0.2, 0.25) is 0 Å². The van der Waals surface area contributed by atoms with Crippen molar-refractivity contribution in [1.29, 1.82) is 0 Å². The van der Waals surface area contributed by atoms with Crippen molar-refractivity contribution in [2.75, 3.05) is 5.32 Å². The number of aromatic nitrogens is 1. The maximum atomic E-state index is 12.0. The Labute approximate surface area is 121 Å². The molecule has 3 N–H and O–H groups in total. The molecule has 0 aliphatic carbocycles. The van der Waals surface area contributed by atoms with Crippen molar-refractivity contribution in [2.45, 2.75) is 12.8 Å². The van der Waals surface area contributed by atoms with E-state index >= 15 is 0 Å². The van der Waals surface area contributed by atoms with Crippen LogP contribution in [0.4, 0.5) is 5.69 Å². The van der Waals surface area contributed by atoms with Gasteiger partial charge < -0.3 is 15.4 Å². The molecular formula is C16H14N2O3. The van der Waals surface area contributed by atoms with Gasteiger partial charge in [0.1, 0.15) is 0 Å². The Morgan fingerprint density at radius 1 is 1.29 bits per heavy atom. The number of hydrogen-bond acceptors (Lipinski definition) is 2. The first kappa shape index (κ1) is 13.2. The Morgan fingerprint density at radius 2 is 2.10 bits per heavy atom. The van der Waals surface area contributed by atoms with Crippen LogP contribution in [0.3, 0.4) is 0 Å². The summed E-state index contributed by atoms with van der Waals surface area (Å²) in [5, 5.41) is 11.5. The van der Waals surface area contributed by atoms with E-state index in [4.69, 9.17) is 5.11 Å². The summed E-state index contributed by atoms with van der Waals surface area (Å²) < 4.78 is 0. The van der Waals surface area contributed by atoms with Crippen LogP contribution in [-0.2, 0) is 16.0 Å². The van der Waals surface area contributed by atoms with Crippen LogP contribution in [-0.4, -0.2) is 22.0 Å². The lowest BCUT2D eigenvalue weighted by molar-refractivity contribution is -0.137. The van der Waals surface area contributed by atoms with Crippen LogP contribution in [0, 0.1) is 0 Å². The van der Waals surface area contributed by atoms with Crippen molar-refractivity contribution < 1.29 is 14.7 Å². The van der Waals surface area contributed by atoms with Gasteiger partial charge in [-0.2, -0.15) is 0 Å². The van der Waals surface area contributed by atoms with E-state index in [1.807, 2.05) is 30.3 Å². The molecule has 2 heterocycles. The van der Waals surface area contributed by atoms with E-state index < -0.39 is 5.97 Å². The molecule has 5 nitrogen and oxygen atoms in total. The number of carboxylic acids is 1. The van der Waals surface area contributed by atoms with Crippen LogP contribution in [0.15, 0.2) is 36.5 Å². The topological polar surface area (TPSA) is 82.2 Å². The number of amides is 1. The number of carboxylic acid groups (broad SMARTS) is 1. The highest BCUT2D eigenvalue weighted by Crippen LogP contribution is 2.32. The molecule has 0 spiro atoms. The molecule has 21 heavy (non-hydrogen) atoms. The number of aryl methyl sites for hydroxylation is 1. The van der Waals surface area contributed by atoms with Gasteiger partial charge in [-0.3, -0.25) is 9.59 Å². The van der Waals surface area contributed by atoms with E-state index in [1.165, 1.54) is 0 Å². The second kappa shape index (κ2) is 5.28. The molecule has 106 valence electrons. The molecule has 1 aliphatic rings. The maximum absolute atomic E-state index is 12.0. The van der Waals surface area contributed by atoms with Crippen LogP contribution in [0.1, 0.15) is 23.2 Å². The van der Waals surface area contributed by atoms with Crippen molar-refractivity contribution in [3.8, 4) is 0 Å². The zero-order valence-corrected chi connectivity index (χ0v) is 11.2. The normalized spacial score (nSPS) is 15.0. The Kier molecular flexibility index (Phi) is 3.31. The monoisotopic (exact) mass is 282 g/mol. The largest absolute Gasteiger partial charge is 0.481 e. The lowest BCUT2D eigenvalue weighted by atomic mass is 10.1. The van der Waals surface area contributed by atoms with Gasteiger partial charge in [-0.05, 0) is 30.2 Å². The highest BCUT2D eigenvalue weighted by molar-refractivity contribution is 6.34. The van der Waals surface area contributed by atoms with E-state index in [0.29, 0.717) is 12.0 Å². The number of aliphatic carboxylic acids is 1. The molecular weight excluding hydrogens is 268 g/mol. The SMILES string of the molecule is O=C(O)CCc1c[nH]c(/C=C2\C(=O)Nc3ccccc32)c1. The van der Waals surface area contributed by atoms with Crippen molar-refractivity contribution in [2.24, 2.45) is 0 Å². The van der Waals surface area contributed by atoms with Gasteiger partial charge in [-0.1, -0.05) is 18.2 Å². The van der Waals surface area contributed by atoms with Crippen LogP contribution in [0.25, 0.3) is 11.6 Å². The van der Waals surface area contributed by atoms with E-state index in [-0.39, 0.29) is 12.3 Å². The fourth-order valence-corrected chi connectivity index (χ4v) is 2.38. The van der Waals surface area contributed by atoms with Gasteiger partial charge in [-0.15, -0.1) is 0 Å². The first-order chi connectivity index (χ1) is 10.1. The number of hydrogen-bond donors (Lipinski definition) is 3. The average Bonchev–Trinajstić information content (AvgIpc) is 3.02. The molecule has 0 atom stereocenters. The van der Waals surface area contributed by atoms with Gasteiger partial charge in [-0.25, -0.2) is 0 Å². The summed E-state index contributed by atoms with van der Waals surface area (Å²) in [5.41, 5.74) is 4.00. The van der Waals surface area contributed by atoms with Gasteiger partial charge >= 0.3 is 5.97 Å². The van der Waals surface area contributed by atoms with Crippen LogP contribution >= 0.6 is 0 Å². The number of carbonyl (C=O) groups is 2. The van der Waals surface area contributed by atoms with E-state index in [0.717, 1.165) is 22.5 Å². The van der Waals surface area contributed by atoms with Gasteiger partial charge in [0.25, 0.3) is 5.91 Å². The van der Waals surface area contributed by atoms with Crippen LogP contribution < -0.4 is 5.32 Å². The molecule has 2 aromatic rings. The molecule has 3 rings (SSSR count). The van der Waals surface area contributed by atoms with Gasteiger partial charge in [0.15, 0.2) is 0 Å². The van der Waals surface area contributed by atoms with E-state index in [9.17, 15) is 9.59 Å². The number of fused-ring (bicyclic) bond motifs is 1. The summed E-state index contributed by atoms with van der Waals surface area (Å²) in [5.74, 6) is -0.946. The van der Waals surface area contributed by atoms with Crippen molar-refractivity contribution >= 4 is 29.2 Å². The zero-order chi connectivity index (χ0) is 14.8. The standard InChI is InChI=1S/C16H14N2O3/c19-15(20)6-5-10-7-11(17-9-10)8-13-12-3-1-2-4-14(12)18-16(13)21/h1-4,7-9,17H,5-6H2,(H,18,21)(H,19,20)/b13-8-. The molecule has 1 aromatic carbocycles. The molecule has 0 saturated heterocycles. The van der Waals surface area contributed by atoms with Crippen LogP contribution in [0.5, 0.6) is 0 Å². The quantitative estimate of drug-likeness (QED) is 0.754. The first-order valence-electron chi connectivity index (χ1n) is 6.65. The predicted molar refractivity (Wildman–Crippen MR) is 79.7 cm³/mol. The maximum Gasteiger partial charge on any atom is 0.303 e. The number of para-hydroxylation sites is 1. The van der Waals surface area contributed by atoms with E-state index in [1.54, 1.807) is 12.3 Å². The predicted octanol–water partition coefficient (Wildman–Crippen LogP) is 2.52. The third-order valence-electron chi connectivity index (χ3n) is 3.40. The number of nitrogens with one attached hydrogen (secondary N) is 2. The molecule has 1 aliphatic heterocycles. The second-order valence-electron chi connectivity index (χ2n) is 4.91. The average molecular weight is 282 g/mol. The molecule has 0 unspecified atom stereocenters. The Morgan fingerprint density at radius 3 is 2.90 bits per heavy atom. The Balaban J connectivity index is 1.85. The fourth-order valence-electron chi connectivity index (χ4n) is 2.38. The summed E-state index contributed by atoms with van der Waals surface area (Å²) in [4.78, 5) is 25.6. The molecule has 0 radical (unpaired) electrons. The lowest BCUT2D eigenvalue weighted by Crippen LogP contribution is -2.03. The van der Waals surface area contributed by atoms with Crippen molar-refractivity contribution in [3.63, 3.8) is 0 Å². The van der Waals surface area contributed by atoms with Crippen molar-refractivity contribution in [3.05, 3.63) is 53.3 Å². The minimum atomic E-state index is -0.819. The summed E-state index contributed by atoms with van der Waals surface area (Å²) in [6.07, 6.45) is 4.12. The third kappa shape index (κ3) is 2.72. The second-order valence-corrected chi connectivity index (χ2v) is 4.91. The number of aromatic amines is 1. The summed E-state index contributed by atoms with van der Waals surface area (Å²) in [6, 6.07) is 9.39. The highest BCUT2D eigenvalue weighted by Gasteiger charge is 2.23. The van der Waals surface area contributed by atoms with E-state index in [2.05, 4.69) is 10.3 Å².